The number of carbonyl (C=O) groups excluding carboxylic acids is 1. The monoisotopic (exact) mass is 215 g/mol. The summed E-state index contributed by atoms with van der Waals surface area (Å²) < 4.78 is 0. The molecule has 2 fully saturated rings. The fraction of sp³-hybridized carbons (Fsp3) is 0.909. The van der Waals surface area contributed by atoms with Gasteiger partial charge >= 0.3 is 0 Å². The third kappa shape index (κ3) is 1.54. The molecule has 0 radical (unpaired) electrons. The standard InChI is InChI=1S/C11H18ClNO/c1-11(2,7-12)10(14)13-6-8-3-4-9(13)5-8/h8-9H,3-7H2,1-2H3. The SMILES string of the molecule is CC(C)(CCl)C(=O)N1CC2CCC1C2. The van der Waals surface area contributed by atoms with Crippen LogP contribution in [-0.2, 0) is 4.79 Å². The van der Waals surface area contributed by atoms with Crippen molar-refractivity contribution < 1.29 is 4.79 Å². The van der Waals surface area contributed by atoms with Crippen molar-refractivity contribution in [3.8, 4) is 0 Å². The van der Waals surface area contributed by atoms with Crippen LogP contribution in [0.4, 0.5) is 0 Å². The van der Waals surface area contributed by atoms with Gasteiger partial charge in [0.2, 0.25) is 5.91 Å². The number of alkyl halides is 1. The molecule has 0 N–H and O–H groups in total. The zero-order valence-electron chi connectivity index (χ0n) is 8.92. The second-order valence-corrected chi connectivity index (χ2v) is 5.58. The Balaban J connectivity index is 2.06. The number of carbonyl (C=O) groups is 1. The first-order chi connectivity index (χ1) is 6.54. The quantitative estimate of drug-likeness (QED) is 0.648. The summed E-state index contributed by atoms with van der Waals surface area (Å²) in [5.74, 6) is 1.44. The molecule has 2 bridgehead atoms. The van der Waals surface area contributed by atoms with Crippen molar-refractivity contribution in [2.45, 2.75) is 39.2 Å². The van der Waals surface area contributed by atoms with Gasteiger partial charge in [-0.3, -0.25) is 4.79 Å². The van der Waals surface area contributed by atoms with E-state index in [2.05, 4.69) is 4.90 Å². The second-order valence-electron chi connectivity index (χ2n) is 5.31. The lowest BCUT2D eigenvalue weighted by atomic mass is 9.93. The van der Waals surface area contributed by atoms with Crippen LogP contribution in [0.15, 0.2) is 0 Å². The molecule has 3 heteroatoms. The van der Waals surface area contributed by atoms with Crippen molar-refractivity contribution >= 4 is 17.5 Å². The van der Waals surface area contributed by atoms with E-state index in [1.165, 1.54) is 19.3 Å². The largest absolute Gasteiger partial charge is 0.339 e. The number of likely N-dealkylation sites (tertiary alicyclic amines) is 1. The van der Waals surface area contributed by atoms with Crippen LogP contribution < -0.4 is 0 Å². The van der Waals surface area contributed by atoms with E-state index in [9.17, 15) is 4.79 Å². The highest BCUT2D eigenvalue weighted by molar-refractivity contribution is 6.19. The van der Waals surface area contributed by atoms with Crippen molar-refractivity contribution in [1.82, 2.24) is 4.90 Å². The molecular formula is C11H18ClNO. The fourth-order valence-corrected chi connectivity index (χ4v) is 2.73. The Kier molecular flexibility index (Phi) is 2.50. The van der Waals surface area contributed by atoms with Gasteiger partial charge in [0.25, 0.3) is 0 Å². The molecule has 2 rings (SSSR count). The highest BCUT2D eigenvalue weighted by atomic mass is 35.5. The van der Waals surface area contributed by atoms with Gasteiger partial charge in [-0.1, -0.05) is 0 Å². The van der Waals surface area contributed by atoms with E-state index in [0.29, 0.717) is 11.9 Å². The predicted molar refractivity (Wildman–Crippen MR) is 57.3 cm³/mol. The summed E-state index contributed by atoms with van der Waals surface area (Å²) >= 11 is 5.82. The van der Waals surface area contributed by atoms with E-state index in [4.69, 9.17) is 11.6 Å². The topological polar surface area (TPSA) is 20.3 Å². The number of halogens is 1. The minimum atomic E-state index is -0.383. The zero-order valence-corrected chi connectivity index (χ0v) is 9.68. The first kappa shape index (κ1) is 10.3. The van der Waals surface area contributed by atoms with Crippen LogP contribution in [0.25, 0.3) is 0 Å². The minimum absolute atomic E-state index is 0.250. The average molecular weight is 216 g/mol. The maximum atomic E-state index is 12.1. The van der Waals surface area contributed by atoms with Crippen LogP contribution in [0.1, 0.15) is 33.1 Å². The first-order valence-corrected chi connectivity index (χ1v) is 5.95. The number of nitrogens with zero attached hydrogens (tertiary/aromatic N) is 1. The van der Waals surface area contributed by atoms with E-state index in [-0.39, 0.29) is 11.3 Å². The van der Waals surface area contributed by atoms with Crippen molar-refractivity contribution in [2.75, 3.05) is 12.4 Å². The summed E-state index contributed by atoms with van der Waals surface area (Å²) in [6.07, 6.45) is 3.74. The summed E-state index contributed by atoms with van der Waals surface area (Å²) in [5.41, 5.74) is -0.383. The summed E-state index contributed by atoms with van der Waals surface area (Å²) in [6, 6.07) is 0.523. The summed E-state index contributed by atoms with van der Waals surface area (Å²) in [5, 5.41) is 0. The van der Waals surface area contributed by atoms with Crippen LogP contribution >= 0.6 is 11.6 Å². The van der Waals surface area contributed by atoms with Crippen molar-refractivity contribution in [2.24, 2.45) is 11.3 Å². The van der Waals surface area contributed by atoms with Gasteiger partial charge in [0, 0.05) is 18.5 Å². The Bertz CT molecular complexity index is 252. The smallest absolute Gasteiger partial charge is 0.229 e. The van der Waals surface area contributed by atoms with Gasteiger partial charge in [-0.2, -0.15) is 0 Å². The number of piperidine rings is 1. The van der Waals surface area contributed by atoms with E-state index < -0.39 is 0 Å². The molecule has 0 spiro atoms. The van der Waals surface area contributed by atoms with E-state index in [1.54, 1.807) is 0 Å². The van der Waals surface area contributed by atoms with Gasteiger partial charge in [0.15, 0.2) is 0 Å². The number of amides is 1. The van der Waals surface area contributed by atoms with Gasteiger partial charge in [-0.05, 0) is 39.0 Å². The maximum absolute atomic E-state index is 12.1. The lowest BCUT2D eigenvalue weighted by Gasteiger charge is -2.33. The zero-order chi connectivity index (χ0) is 10.3. The normalized spacial score (nSPS) is 31.2. The third-order valence-electron chi connectivity index (χ3n) is 3.58. The molecule has 14 heavy (non-hydrogen) atoms. The van der Waals surface area contributed by atoms with Crippen LogP contribution in [0.2, 0.25) is 0 Å². The molecule has 1 heterocycles. The minimum Gasteiger partial charge on any atom is -0.339 e. The maximum Gasteiger partial charge on any atom is 0.229 e. The second kappa shape index (κ2) is 3.41. The molecular weight excluding hydrogens is 198 g/mol. The molecule has 2 unspecified atom stereocenters. The number of rotatable bonds is 2. The molecule has 0 aromatic rings. The van der Waals surface area contributed by atoms with E-state index in [1.807, 2.05) is 13.8 Å². The fourth-order valence-electron chi connectivity index (χ4n) is 2.62. The van der Waals surface area contributed by atoms with E-state index in [0.717, 1.165) is 12.5 Å². The van der Waals surface area contributed by atoms with Crippen LogP contribution in [0.3, 0.4) is 0 Å². The molecule has 2 atom stereocenters. The van der Waals surface area contributed by atoms with Crippen molar-refractivity contribution in [3.63, 3.8) is 0 Å². The molecule has 80 valence electrons. The lowest BCUT2D eigenvalue weighted by Crippen LogP contribution is -2.45. The van der Waals surface area contributed by atoms with Gasteiger partial charge in [0.05, 0.1) is 5.41 Å². The van der Waals surface area contributed by atoms with Gasteiger partial charge < -0.3 is 4.90 Å². The Labute approximate surface area is 90.6 Å². The van der Waals surface area contributed by atoms with Gasteiger partial charge in [-0.15, -0.1) is 11.6 Å². The Morgan fingerprint density at radius 1 is 1.50 bits per heavy atom. The molecule has 2 nitrogen and oxygen atoms in total. The highest BCUT2D eigenvalue weighted by Gasteiger charge is 2.43. The Morgan fingerprint density at radius 3 is 2.64 bits per heavy atom. The van der Waals surface area contributed by atoms with Crippen LogP contribution in [-0.4, -0.2) is 29.3 Å². The summed E-state index contributed by atoms with van der Waals surface area (Å²) in [6.45, 7) is 4.85. The average Bonchev–Trinajstić information content (AvgIpc) is 2.77. The first-order valence-electron chi connectivity index (χ1n) is 5.41. The molecule has 1 aliphatic carbocycles. The van der Waals surface area contributed by atoms with Crippen molar-refractivity contribution in [1.29, 1.82) is 0 Å². The van der Waals surface area contributed by atoms with Crippen LogP contribution in [0, 0.1) is 11.3 Å². The van der Waals surface area contributed by atoms with Crippen molar-refractivity contribution in [3.05, 3.63) is 0 Å². The molecule has 0 aromatic carbocycles. The molecule has 1 saturated carbocycles. The van der Waals surface area contributed by atoms with E-state index >= 15 is 0 Å². The third-order valence-corrected chi connectivity index (χ3v) is 4.25. The predicted octanol–water partition coefficient (Wildman–Crippen LogP) is 2.26. The Morgan fingerprint density at radius 2 is 2.21 bits per heavy atom. The molecule has 2 aliphatic rings. The molecule has 1 aliphatic heterocycles. The summed E-state index contributed by atoms with van der Waals surface area (Å²) in [7, 11) is 0. The Hall–Kier alpha value is -0.240. The van der Waals surface area contributed by atoms with Crippen LogP contribution in [0.5, 0.6) is 0 Å². The number of hydrogen-bond acceptors (Lipinski definition) is 1. The van der Waals surface area contributed by atoms with Gasteiger partial charge in [-0.25, -0.2) is 0 Å². The highest BCUT2D eigenvalue weighted by Crippen LogP contribution is 2.39. The number of fused-ring (bicyclic) bond motifs is 2. The summed E-state index contributed by atoms with van der Waals surface area (Å²) in [4.78, 5) is 14.2. The lowest BCUT2D eigenvalue weighted by molar-refractivity contribution is -0.140. The van der Waals surface area contributed by atoms with Gasteiger partial charge in [0.1, 0.15) is 0 Å². The molecule has 0 aromatic heterocycles. The number of hydrogen-bond donors (Lipinski definition) is 0. The molecule has 1 saturated heterocycles. The molecule has 1 amide bonds.